The van der Waals surface area contributed by atoms with Crippen LogP contribution in [0.15, 0.2) is 16.5 Å². The van der Waals surface area contributed by atoms with Gasteiger partial charge in [-0.15, -0.1) is 0 Å². The van der Waals surface area contributed by atoms with Crippen molar-refractivity contribution in [3.05, 3.63) is 23.7 Å². The minimum absolute atomic E-state index is 0.184. The van der Waals surface area contributed by atoms with E-state index in [-0.39, 0.29) is 6.42 Å². The monoisotopic (exact) mass is 212 g/mol. The van der Waals surface area contributed by atoms with E-state index in [1.165, 1.54) is 0 Å². The smallest absolute Gasteiger partial charge is 0.338 e. The lowest BCUT2D eigenvalue weighted by atomic mass is 10.2. The number of carbonyl (C=O) groups is 1. The summed E-state index contributed by atoms with van der Waals surface area (Å²) >= 11 is 0. The number of hydrogen-bond donors (Lipinski definition) is 1. The van der Waals surface area contributed by atoms with Gasteiger partial charge in [-0.1, -0.05) is 6.92 Å². The van der Waals surface area contributed by atoms with E-state index in [1.54, 1.807) is 6.07 Å². The third-order valence-corrected chi connectivity index (χ3v) is 2.81. The van der Waals surface area contributed by atoms with Crippen LogP contribution in [0.1, 0.15) is 30.8 Å². The Labute approximate surface area is 86.9 Å². The summed E-state index contributed by atoms with van der Waals surface area (Å²) in [6.07, 6.45) is -0.956. The maximum atomic E-state index is 12.9. The summed E-state index contributed by atoms with van der Waals surface area (Å²) in [4.78, 5) is 10.3. The second-order valence-electron chi connectivity index (χ2n) is 4.13. The number of carboxylic acids is 1. The predicted molar refractivity (Wildman–Crippen MR) is 51.5 cm³/mol. The normalized spacial score (nSPS) is 26.3. The largest absolute Gasteiger partial charge is 0.479 e. The molecule has 82 valence electrons. The molecule has 1 N–H and O–H groups in total. The quantitative estimate of drug-likeness (QED) is 0.833. The van der Waals surface area contributed by atoms with Crippen molar-refractivity contribution in [2.45, 2.75) is 31.9 Å². The van der Waals surface area contributed by atoms with Crippen LogP contribution >= 0.6 is 0 Å². The number of alkyl halides is 1. The van der Waals surface area contributed by atoms with E-state index in [0.29, 0.717) is 17.6 Å². The van der Waals surface area contributed by atoms with Gasteiger partial charge in [0.05, 0.1) is 0 Å². The Hall–Kier alpha value is -1.32. The fourth-order valence-electron chi connectivity index (χ4n) is 1.69. The Morgan fingerprint density at radius 3 is 2.93 bits per heavy atom. The Morgan fingerprint density at radius 2 is 2.40 bits per heavy atom. The summed E-state index contributed by atoms with van der Waals surface area (Å²) in [7, 11) is 0. The van der Waals surface area contributed by atoms with Gasteiger partial charge in [-0.3, -0.25) is 0 Å². The number of aliphatic carboxylic acids is 1. The highest BCUT2D eigenvalue weighted by atomic mass is 19.1. The van der Waals surface area contributed by atoms with E-state index < -0.39 is 12.1 Å². The van der Waals surface area contributed by atoms with Gasteiger partial charge in [0.1, 0.15) is 11.5 Å². The zero-order valence-corrected chi connectivity index (χ0v) is 8.44. The highest BCUT2D eigenvalue weighted by molar-refractivity contribution is 5.72. The molecule has 0 aliphatic heterocycles. The number of rotatable bonds is 4. The van der Waals surface area contributed by atoms with Gasteiger partial charge < -0.3 is 9.52 Å². The summed E-state index contributed by atoms with van der Waals surface area (Å²) in [6.45, 7) is 2.13. The van der Waals surface area contributed by atoms with Gasteiger partial charge >= 0.3 is 5.97 Å². The Bertz CT molecular complexity index is 372. The van der Waals surface area contributed by atoms with E-state index >= 15 is 0 Å². The van der Waals surface area contributed by atoms with Gasteiger partial charge in [0.2, 0.25) is 6.17 Å². The van der Waals surface area contributed by atoms with Crippen LogP contribution < -0.4 is 0 Å². The molecule has 0 amide bonds. The molecule has 3 nitrogen and oxygen atoms in total. The predicted octanol–water partition coefficient (Wildman–Crippen LogP) is 2.37. The highest BCUT2D eigenvalue weighted by Crippen LogP contribution is 2.47. The average molecular weight is 212 g/mol. The number of carboxylic acid groups (broad SMARTS) is 1. The minimum atomic E-state index is -1.87. The van der Waals surface area contributed by atoms with Crippen molar-refractivity contribution in [2.75, 3.05) is 0 Å². The fourth-order valence-corrected chi connectivity index (χ4v) is 1.69. The van der Waals surface area contributed by atoms with E-state index in [0.717, 1.165) is 12.2 Å². The van der Waals surface area contributed by atoms with Crippen molar-refractivity contribution < 1.29 is 18.7 Å². The van der Waals surface area contributed by atoms with Crippen molar-refractivity contribution in [1.29, 1.82) is 0 Å². The molecule has 0 bridgehead atoms. The van der Waals surface area contributed by atoms with Crippen LogP contribution in [-0.4, -0.2) is 17.2 Å². The van der Waals surface area contributed by atoms with Crippen LogP contribution in [0.2, 0.25) is 0 Å². The Morgan fingerprint density at radius 1 is 1.73 bits per heavy atom. The third kappa shape index (κ3) is 2.19. The lowest BCUT2D eigenvalue weighted by Crippen LogP contribution is -2.16. The van der Waals surface area contributed by atoms with Crippen molar-refractivity contribution in [3.8, 4) is 0 Å². The van der Waals surface area contributed by atoms with Gasteiger partial charge in [0.15, 0.2) is 0 Å². The first-order valence-electron chi connectivity index (χ1n) is 5.03. The number of hydrogen-bond acceptors (Lipinski definition) is 2. The summed E-state index contributed by atoms with van der Waals surface area (Å²) in [5, 5.41) is 8.40. The highest BCUT2D eigenvalue weighted by Gasteiger charge is 2.36. The molecule has 1 saturated carbocycles. The SMILES string of the molecule is CC1CC1c1ccc(CC(F)C(=O)O)o1. The van der Waals surface area contributed by atoms with Gasteiger partial charge in [0, 0.05) is 12.3 Å². The van der Waals surface area contributed by atoms with Crippen molar-refractivity contribution >= 4 is 5.97 Å². The molecule has 0 aromatic carbocycles. The zero-order valence-electron chi connectivity index (χ0n) is 8.44. The molecular formula is C11H13FO3. The first kappa shape index (κ1) is 10.2. The standard InChI is InChI=1S/C11H13FO3/c1-6-4-8(6)10-3-2-7(15-10)5-9(12)11(13)14/h2-3,6,8-9H,4-5H2,1H3,(H,13,14). The molecule has 15 heavy (non-hydrogen) atoms. The molecule has 1 aliphatic carbocycles. The number of halogens is 1. The summed E-state index contributed by atoms with van der Waals surface area (Å²) in [5.74, 6) is 0.910. The van der Waals surface area contributed by atoms with Gasteiger partial charge in [-0.05, 0) is 24.5 Å². The minimum Gasteiger partial charge on any atom is -0.479 e. The van der Waals surface area contributed by atoms with Crippen LogP contribution in [0, 0.1) is 5.92 Å². The molecule has 3 unspecified atom stereocenters. The topological polar surface area (TPSA) is 50.4 Å². The van der Waals surface area contributed by atoms with Crippen LogP contribution in [0.4, 0.5) is 4.39 Å². The second kappa shape index (κ2) is 3.68. The Balaban J connectivity index is 1.98. The number of furan rings is 1. The molecule has 2 rings (SSSR count). The van der Waals surface area contributed by atoms with Crippen LogP contribution in [0.3, 0.4) is 0 Å². The van der Waals surface area contributed by atoms with E-state index in [1.807, 2.05) is 6.07 Å². The molecule has 3 atom stereocenters. The van der Waals surface area contributed by atoms with Crippen LogP contribution in [-0.2, 0) is 11.2 Å². The van der Waals surface area contributed by atoms with Gasteiger partial charge in [0.25, 0.3) is 0 Å². The average Bonchev–Trinajstić information content (AvgIpc) is 2.73. The summed E-state index contributed by atoms with van der Waals surface area (Å²) in [5.41, 5.74) is 0. The molecule has 4 heteroatoms. The van der Waals surface area contributed by atoms with Crippen LogP contribution in [0.25, 0.3) is 0 Å². The van der Waals surface area contributed by atoms with Crippen molar-refractivity contribution in [3.63, 3.8) is 0 Å². The zero-order chi connectivity index (χ0) is 11.0. The molecule has 1 fully saturated rings. The van der Waals surface area contributed by atoms with Crippen LogP contribution in [0.5, 0.6) is 0 Å². The van der Waals surface area contributed by atoms with Gasteiger partial charge in [-0.25, -0.2) is 9.18 Å². The van der Waals surface area contributed by atoms with Gasteiger partial charge in [-0.2, -0.15) is 0 Å². The summed E-state index contributed by atoms with van der Waals surface area (Å²) in [6, 6.07) is 3.48. The molecular weight excluding hydrogens is 199 g/mol. The fraction of sp³-hybridized carbons (Fsp3) is 0.545. The molecule has 1 heterocycles. The molecule has 1 aromatic rings. The molecule has 0 spiro atoms. The van der Waals surface area contributed by atoms with E-state index in [4.69, 9.17) is 9.52 Å². The molecule has 0 saturated heterocycles. The van der Waals surface area contributed by atoms with E-state index in [9.17, 15) is 9.18 Å². The first-order valence-corrected chi connectivity index (χ1v) is 5.03. The first-order chi connectivity index (χ1) is 7.08. The molecule has 1 aliphatic rings. The molecule has 1 aromatic heterocycles. The summed E-state index contributed by atoms with van der Waals surface area (Å²) < 4.78 is 18.2. The van der Waals surface area contributed by atoms with Crippen molar-refractivity contribution in [2.24, 2.45) is 5.92 Å². The lowest BCUT2D eigenvalue weighted by molar-refractivity contribution is -0.142. The molecule has 0 radical (unpaired) electrons. The Kier molecular flexibility index (Phi) is 2.50. The van der Waals surface area contributed by atoms with Crippen molar-refractivity contribution in [1.82, 2.24) is 0 Å². The third-order valence-electron chi connectivity index (χ3n) is 2.81. The maximum Gasteiger partial charge on any atom is 0.338 e. The lowest BCUT2D eigenvalue weighted by Gasteiger charge is -1.99. The second-order valence-corrected chi connectivity index (χ2v) is 4.13. The maximum absolute atomic E-state index is 12.9. The van der Waals surface area contributed by atoms with E-state index in [2.05, 4.69) is 6.92 Å².